The lowest BCUT2D eigenvalue weighted by atomic mass is 9.83. The van der Waals surface area contributed by atoms with Crippen molar-refractivity contribution in [2.45, 2.75) is 50.4 Å². The second-order valence-electron chi connectivity index (χ2n) is 14.8. The molecule has 0 spiro atoms. The van der Waals surface area contributed by atoms with Gasteiger partial charge in [-0.3, -0.25) is 9.69 Å². The van der Waals surface area contributed by atoms with E-state index in [-0.39, 0.29) is 24.4 Å². The predicted molar refractivity (Wildman–Crippen MR) is 227 cm³/mol. The molecule has 322 valence electrons. The highest BCUT2D eigenvalue weighted by atomic mass is 16.7. The van der Waals surface area contributed by atoms with Crippen molar-refractivity contribution in [1.82, 2.24) is 10.2 Å². The molecule has 5 atom stereocenters. The van der Waals surface area contributed by atoms with E-state index < -0.39 is 24.5 Å². The first-order valence-electron chi connectivity index (χ1n) is 20.9. The molecule has 0 aromatic heterocycles. The van der Waals surface area contributed by atoms with Crippen molar-refractivity contribution in [3.63, 3.8) is 0 Å². The number of rotatable bonds is 11. The van der Waals surface area contributed by atoms with Gasteiger partial charge in [-0.2, -0.15) is 0 Å². The van der Waals surface area contributed by atoms with Gasteiger partial charge in [0.25, 0.3) is 0 Å². The van der Waals surface area contributed by atoms with Crippen molar-refractivity contribution in [3.8, 4) is 0 Å². The van der Waals surface area contributed by atoms with Crippen molar-refractivity contribution in [1.29, 1.82) is 0 Å². The number of carbonyl (C=O) groups excluding carboxylic acids is 2. The maximum Gasteiger partial charge on any atom is 0.319 e. The van der Waals surface area contributed by atoms with Crippen LogP contribution in [0.2, 0.25) is 0 Å². The third kappa shape index (κ3) is 14.3. The summed E-state index contributed by atoms with van der Waals surface area (Å²) < 4.78 is 42.9. The number of aliphatic hydroxyl groups excluding tert-OH is 1. The smallest absolute Gasteiger partial charge is 0.319 e. The minimum atomic E-state index is -0.809. The highest BCUT2D eigenvalue weighted by Gasteiger charge is 2.42. The molecule has 0 bridgehead atoms. The first kappa shape index (κ1) is 45.0. The number of ketones is 1. The number of aliphatic hydroxyl groups is 1. The molecular formula is C47H59N3O10. The van der Waals surface area contributed by atoms with E-state index in [1.54, 1.807) is 6.07 Å². The van der Waals surface area contributed by atoms with Crippen LogP contribution in [0.25, 0.3) is 0 Å². The Labute approximate surface area is 353 Å². The van der Waals surface area contributed by atoms with E-state index in [2.05, 4.69) is 27.7 Å². The standard InChI is InChI=1S/C47H59N3O10/c1-35(52)42(31-36-9-4-2-5-10-36)49-47(53)48-41-14-8-13-40(32-41)46-59-43(33-50-19-21-54-23-25-56-27-29-58-30-28-57-26-24-55-22-20-50)44(38-11-6-3-7-12-38)45(60-46)39-17-15-37(34-51)16-18-39/h2-18,32,42-46,51H,19-31,33-34H2,1H3,(H2,48,49,53). The Morgan fingerprint density at radius 2 is 1.22 bits per heavy atom. The summed E-state index contributed by atoms with van der Waals surface area (Å²) >= 11 is 0. The third-order valence-corrected chi connectivity index (χ3v) is 10.5. The molecule has 60 heavy (non-hydrogen) atoms. The first-order valence-corrected chi connectivity index (χ1v) is 20.9. The summed E-state index contributed by atoms with van der Waals surface area (Å²) in [6, 6.07) is 33.9. The van der Waals surface area contributed by atoms with Crippen LogP contribution in [0.3, 0.4) is 0 Å². The van der Waals surface area contributed by atoms with Crippen LogP contribution in [0, 0.1) is 0 Å². The number of anilines is 1. The topological polar surface area (TPSA) is 146 Å². The fraction of sp³-hybridized carbons (Fsp3) is 0.447. The number of hydrogen-bond acceptors (Lipinski definition) is 11. The van der Waals surface area contributed by atoms with Gasteiger partial charge in [0, 0.05) is 36.8 Å². The maximum absolute atomic E-state index is 13.3. The predicted octanol–water partition coefficient (Wildman–Crippen LogP) is 5.84. The van der Waals surface area contributed by atoms with E-state index in [9.17, 15) is 14.7 Å². The summed E-state index contributed by atoms with van der Waals surface area (Å²) in [5, 5.41) is 15.6. The van der Waals surface area contributed by atoms with E-state index >= 15 is 0 Å². The summed E-state index contributed by atoms with van der Waals surface area (Å²) in [6.07, 6.45) is -1.24. The zero-order valence-electron chi connectivity index (χ0n) is 34.5. The van der Waals surface area contributed by atoms with Crippen molar-refractivity contribution in [2.24, 2.45) is 0 Å². The van der Waals surface area contributed by atoms with E-state index in [0.29, 0.717) is 103 Å². The van der Waals surface area contributed by atoms with Crippen molar-refractivity contribution in [3.05, 3.63) is 137 Å². The van der Waals surface area contributed by atoms with Gasteiger partial charge in [-0.25, -0.2) is 4.79 Å². The molecule has 6 rings (SSSR count). The monoisotopic (exact) mass is 825 g/mol. The number of hydrogen-bond donors (Lipinski definition) is 3. The summed E-state index contributed by atoms with van der Waals surface area (Å²) in [6.45, 7) is 8.05. The quantitative estimate of drug-likeness (QED) is 0.168. The second kappa shape index (κ2) is 24.7. The normalized spacial score (nSPS) is 22.4. The van der Waals surface area contributed by atoms with E-state index in [0.717, 1.165) is 22.3 Å². The van der Waals surface area contributed by atoms with Crippen LogP contribution in [-0.2, 0) is 51.0 Å². The van der Waals surface area contributed by atoms with E-state index in [1.165, 1.54) is 6.92 Å². The zero-order chi connectivity index (χ0) is 41.8. The number of nitrogens with one attached hydrogen (secondary N) is 2. The van der Waals surface area contributed by atoms with Crippen molar-refractivity contribution >= 4 is 17.5 Å². The lowest BCUT2D eigenvalue weighted by Crippen LogP contribution is -2.46. The molecule has 4 aromatic rings. The minimum absolute atomic E-state index is 0.0686. The van der Waals surface area contributed by atoms with Crippen LogP contribution in [0.15, 0.2) is 109 Å². The molecule has 0 radical (unpaired) electrons. The van der Waals surface area contributed by atoms with Gasteiger partial charge in [-0.15, -0.1) is 0 Å². The molecule has 2 aliphatic rings. The molecule has 2 saturated heterocycles. The van der Waals surface area contributed by atoms with Crippen LogP contribution in [0.5, 0.6) is 0 Å². The molecule has 13 nitrogen and oxygen atoms in total. The minimum Gasteiger partial charge on any atom is -0.392 e. The zero-order valence-corrected chi connectivity index (χ0v) is 34.5. The van der Waals surface area contributed by atoms with Crippen LogP contribution >= 0.6 is 0 Å². The highest BCUT2D eigenvalue weighted by molar-refractivity contribution is 5.93. The van der Waals surface area contributed by atoms with Gasteiger partial charge in [0.2, 0.25) is 0 Å². The molecule has 3 N–H and O–H groups in total. The number of nitrogens with zero attached hydrogens (tertiary/aromatic N) is 1. The van der Waals surface area contributed by atoms with Crippen LogP contribution < -0.4 is 10.6 Å². The number of urea groups is 1. The van der Waals surface area contributed by atoms with Crippen LogP contribution in [-0.4, -0.2) is 120 Å². The fourth-order valence-corrected chi connectivity index (χ4v) is 7.32. The Hall–Kier alpha value is -4.54. The Bertz CT molecular complexity index is 1830. The lowest BCUT2D eigenvalue weighted by Gasteiger charge is -2.44. The maximum atomic E-state index is 13.3. The molecule has 2 fully saturated rings. The third-order valence-electron chi connectivity index (χ3n) is 10.5. The second-order valence-corrected chi connectivity index (χ2v) is 14.8. The molecule has 2 aliphatic heterocycles. The number of carbonyl (C=O) groups is 2. The Kier molecular flexibility index (Phi) is 18.5. The number of ether oxygens (including phenoxy) is 7. The van der Waals surface area contributed by atoms with Gasteiger partial charge in [0.1, 0.15) is 0 Å². The summed E-state index contributed by atoms with van der Waals surface area (Å²) in [7, 11) is 0. The average molecular weight is 826 g/mol. The average Bonchev–Trinajstić information content (AvgIpc) is 3.27. The molecular weight excluding hydrogens is 767 g/mol. The number of amides is 2. The van der Waals surface area contributed by atoms with Crippen LogP contribution in [0.1, 0.15) is 53.1 Å². The Balaban J connectivity index is 1.24. The molecule has 2 heterocycles. The van der Waals surface area contributed by atoms with Gasteiger partial charge in [-0.05, 0) is 47.7 Å². The largest absolute Gasteiger partial charge is 0.392 e. The van der Waals surface area contributed by atoms with Gasteiger partial charge >= 0.3 is 6.03 Å². The van der Waals surface area contributed by atoms with Gasteiger partial charge < -0.3 is 48.9 Å². The SMILES string of the molecule is CC(=O)C(Cc1ccccc1)NC(=O)Nc1cccc(C2OC(CN3CCOCCOCCOCCOCCOCC3)C(c3ccccc3)C(c3ccc(CO)cc3)O2)c1. The van der Waals surface area contributed by atoms with Gasteiger partial charge in [0.05, 0.1) is 90.9 Å². The van der Waals surface area contributed by atoms with Crippen molar-refractivity contribution < 1.29 is 47.9 Å². The summed E-state index contributed by atoms with van der Waals surface area (Å²) in [4.78, 5) is 28.1. The Morgan fingerprint density at radius 1 is 0.650 bits per heavy atom. The van der Waals surface area contributed by atoms with E-state index in [4.69, 9.17) is 33.2 Å². The summed E-state index contributed by atoms with van der Waals surface area (Å²) in [5.41, 5.74) is 4.99. The van der Waals surface area contributed by atoms with Gasteiger partial charge in [0.15, 0.2) is 12.1 Å². The summed E-state index contributed by atoms with van der Waals surface area (Å²) in [5.74, 6) is -0.359. The highest BCUT2D eigenvalue weighted by Crippen LogP contribution is 2.47. The molecule has 13 heteroatoms. The molecule has 0 saturated carbocycles. The molecule has 2 amide bonds. The molecule has 5 unspecified atom stereocenters. The number of Topliss-reactive ketones (excluding diaryl/α,β-unsaturated/α-hetero) is 1. The van der Waals surface area contributed by atoms with Crippen LogP contribution in [0.4, 0.5) is 10.5 Å². The van der Waals surface area contributed by atoms with Gasteiger partial charge in [-0.1, -0.05) is 97.1 Å². The Morgan fingerprint density at radius 3 is 1.80 bits per heavy atom. The van der Waals surface area contributed by atoms with E-state index in [1.807, 2.05) is 91.0 Å². The molecule has 4 aromatic carbocycles. The van der Waals surface area contributed by atoms with Crippen molar-refractivity contribution in [2.75, 3.05) is 91.0 Å². The fourth-order valence-electron chi connectivity index (χ4n) is 7.32. The lowest BCUT2D eigenvalue weighted by molar-refractivity contribution is -0.263. The first-order chi connectivity index (χ1) is 29.5. The molecule has 0 aliphatic carbocycles. The number of benzene rings is 4.